The molecule has 4 nitrogen and oxygen atoms in total. The van der Waals surface area contributed by atoms with Crippen molar-refractivity contribution in [3.8, 4) is 11.5 Å². The van der Waals surface area contributed by atoms with Crippen LogP contribution in [-0.4, -0.2) is 18.0 Å². The highest BCUT2D eigenvalue weighted by atomic mass is 32.2. The van der Waals surface area contributed by atoms with Crippen molar-refractivity contribution in [2.45, 2.75) is 6.04 Å². The van der Waals surface area contributed by atoms with Gasteiger partial charge in [-0.3, -0.25) is 4.99 Å². The zero-order valence-corrected chi connectivity index (χ0v) is 12.6. The lowest BCUT2D eigenvalue weighted by molar-refractivity contribution is 0.482. The Labute approximate surface area is 128 Å². The molecule has 1 unspecified atom stereocenters. The van der Waals surface area contributed by atoms with E-state index in [1.807, 2.05) is 48.7 Å². The van der Waals surface area contributed by atoms with E-state index in [2.05, 4.69) is 16.4 Å². The van der Waals surface area contributed by atoms with Gasteiger partial charge in [-0.15, -0.1) is 0 Å². The minimum atomic E-state index is 0.0375. The molecule has 0 aromatic heterocycles. The van der Waals surface area contributed by atoms with Gasteiger partial charge in [-0.05, 0) is 24.5 Å². The van der Waals surface area contributed by atoms with E-state index < -0.39 is 0 Å². The second kappa shape index (κ2) is 6.10. The summed E-state index contributed by atoms with van der Waals surface area (Å²) in [6.45, 7) is 0.571. The second-order valence-corrected chi connectivity index (χ2v) is 5.54. The number of amidine groups is 1. The summed E-state index contributed by atoms with van der Waals surface area (Å²) in [4.78, 5) is 4.42. The molecular formula is C16H17N3OS. The summed E-state index contributed by atoms with van der Waals surface area (Å²) >= 11 is 1.45. The summed E-state index contributed by atoms with van der Waals surface area (Å²) in [6, 6.07) is 16.0. The number of aliphatic imine (C=N–C) groups is 1. The van der Waals surface area contributed by atoms with Crippen LogP contribution >= 0.6 is 11.8 Å². The van der Waals surface area contributed by atoms with E-state index in [0.29, 0.717) is 11.7 Å². The Kier molecular flexibility index (Phi) is 4.01. The van der Waals surface area contributed by atoms with E-state index in [0.717, 1.165) is 22.7 Å². The maximum atomic E-state index is 6.02. The fourth-order valence-corrected chi connectivity index (χ4v) is 2.51. The maximum Gasteiger partial charge on any atom is 0.153 e. The Balaban J connectivity index is 1.99. The lowest BCUT2D eigenvalue weighted by Crippen LogP contribution is -2.16. The van der Waals surface area contributed by atoms with E-state index in [-0.39, 0.29) is 6.04 Å². The van der Waals surface area contributed by atoms with Gasteiger partial charge in [0.15, 0.2) is 10.9 Å². The van der Waals surface area contributed by atoms with Crippen molar-refractivity contribution < 1.29 is 4.74 Å². The smallest absolute Gasteiger partial charge is 0.153 e. The molecular weight excluding hydrogens is 282 g/mol. The minimum absolute atomic E-state index is 0.0375. The van der Waals surface area contributed by atoms with E-state index in [4.69, 9.17) is 10.5 Å². The molecule has 1 aliphatic heterocycles. The van der Waals surface area contributed by atoms with Crippen LogP contribution in [0.3, 0.4) is 0 Å². The summed E-state index contributed by atoms with van der Waals surface area (Å²) in [5.74, 6) is 1.69. The van der Waals surface area contributed by atoms with Gasteiger partial charge in [-0.25, -0.2) is 0 Å². The standard InChI is InChI=1S/C16H17N3OS/c1-21-16(17)18-10-13-11-6-2-4-8-14(11)20-15-9-5-3-7-12(15)19-13/h2-9,13,19H,10H2,1H3,(H2,17,18). The molecule has 0 fully saturated rings. The first kappa shape index (κ1) is 13.8. The summed E-state index contributed by atoms with van der Waals surface area (Å²) < 4.78 is 6.02. The van der Waals surface area contributed by atoms with Gasteiger partial charge in [0.25, 0.3) is 0 Å². The van der Waals surface area contributed by atoms with Crippen molar-refractivity contribution >= 4 is 22.6 Å². The third kappa shape index (κ3) is 2.97. The van der Waals surface area contributed by atoms with Crippen LogP contribution < -0.4 is 15.8 Å². The monoisotopic (exact) mass is 299 g/mol. The SMILES string of the molecule is CSC(N)=NCC1Nc2ccccc2Oc2ccccc21. The third-order valence-electron chi connectivity index (χ3n) is 3.37. The number of nitrogens with zero attached hydrogens (tertiary/aromatic N) is 1. The molecule has 0 spiro atoms. The zero-order valence-electron chi connectivity index (χ0n) is 11.7. The third-order valence-corrected chi connectivity index (χ3v) is 3.92. The van der Waals surface area contributed by atoms with Crippen LogP contribution in [-0.2, 0) is 0 Å². The molecule has 2 aromatic rings. The van der Waals surface area contributed by atoms with Gasteiger partial charge in [0.05, 0.1) is 18.3 Å². The van der Waals surface area contributed by atoms with Crippen LogP contribution in [0.15, 0.2) is 53.5 Å². The van der Waals surface area contributed by atoms with Crippen LogP contribution in [0.4, 0.5) is 5.69 Å². The zero-order chi connectivity index (χ0) is 14.7. The Morgan fingerprint density at radius 2 is 1.90 bits per heavy atom. The first-order valence-corrected chi connectivity index (χ1v) is 7.96. The Morgan fingerprint density at radius 3 is 2.71 bits per heavy atom. The van der Waals surface area contributed by atoms with Gasteiger partial charge >= 0.3 is 0 Å². The van der Waals surface area contributed by atoms with Gasteiger partial charge in [-0.2, -0.15) is 0 Å². The first-order chi connectivity index (χ1) is 10.3. The number of para-hydroxylation sites is 3. The fourth-order valence-electron chi connectivity index (χ4n) is 2.31. The number of benzene rings is 2. The number of anilines is 1. The van der Waals surface area contributed by atoms with E-state index in [1.54, 1.807) is 0 Å². The highest BCUT2D eigenvalue weighted by Gasteiger charge is 2.21. The molecule has 3 rings (SSSR count). The number of rotatable bonds is 2. The van der Waals surface area contributed by atoms with Crippen molar-refractivity contribution in [2.24, 2.45) is 10.7 Å². The highest BCUT2D eigenvalue weighted by molar-refractivity contribution is 8.13. The Bertz CT molecular complexity index is 672. The number of nitrogens with one attached hydrogen (secondary N) is 1. The normalized spacial score (nSPS) is 17.0. The first-order valence-electron chi connectivity index (χ1n) is 6.74. The van der Waals surface area contributed by atoms with E-state index in [9.17, 15) is 0 Å². The van der Waals surface area contributed by atoms with Gasteiger partial charge in [0.2, 0.25) is 0 Å². The molecule has 3 N–H and O–H groups in total. The lowest BCUT2D eigenvalue weighted by atomic mass is 10.1. The molecule has 5 heteroatoms. The summed E-state index contributed by atoms with van der Waals surface area (Å²) in [5, 5.41) is 4.09. The quantitative estimate of drug-likeness (QED) is 0.657. The second-order valence-electron chi connectivity index (χ2n) is 4.72. The molecule has 0 saturated carbocycles. The van der Waals surface area contributed by atoms with Crippen molar-refractivity contribution in [2.75, 3.05) is 18.1 Å². The lowest BCUT2D eigenvalue weighted by Gasteiger charge is -2.17. The predicted octanol–water partition coefficient (Wildman–Crippen LogP) is 3.62. The number of thioether (sulfide) groups is 1. The molecule has 0 radical (unpaired) electrons. The molecule has 1 heterocycles. The number of hydrogen-bond acceptors (Lipinski definition) is 4. The van der Waals surface area contributed by atoms with Gasteiger partial charge in [0.1, 0.15) is 5.75 Å². The number of ether oxygens (including phenoxy) is 1. The van der Waals surface area contributed by atoms with Crippen LogP contribution in [0.1, 0.15) is 11.6 Å². The topological polar surface area (TPSA) is 59.6 Å². The summed E-state index contributed by atoms with van der Waals surface area (Å²) in [6.07, 6.45) is 1.92. The molecule has 0 bridgehead atoms. The summed E-state index contributed by atoms with van der Waals surface area (Å²) in [5.41, 5.74) is 7.86. The average molecular weight is 299 g/mol. The number of hydrogen-bond donors (Lipinski definition) is 2. The minimum Gasteiger partial charge on any atom is -0.455 e. The molecule has 0 saturated heterocycles. The number of fused-ring (bicyclic) bond motifs is 2. The molecule has 2 aromatic carbocycles. The van der Waals surface area contributed by atoms with Gasteiger partial charge in [-0.1, -0.05) is 42.1 Å². The van der Waals surface area contributed by atoms with Crippen LogP contribution in [0, 0.1) is 0 Å². The Hall–Kier alpha value is -2.14. The molecule has 21 heavy (non-hydrogen) atoms. The van der Waals surface area contributed by atoms with Crippen LogP contribution in [0.25, 0.3) is 0 Å². The molecule has 108 valence electrons. The average Bonchev–Trinajstić information content (AvgIpc) is 2.68. The Morgan fingerprint density at radius 1 is 1.19 bits per heavy atom. The van der Waals surface area contributed by atoms with Gasteiger partial charge in [0, 0.05) is 5.56 Å². The van der Waals surface area contributed by atoms with Crippen molar-refractivity contribution in [3.05, 3.63) is 54.1 Å². The van der Waals surface area contributed by atoms with Crippen molar-refractivity contribution in [1.82, 2.24) is 0 Å². The molecule has 1 aliphatic rings. The molecule has 0 amide bonds. The largest absolute Gasteiger partial charge is 0.455 e. The van der Waals surface area contributed by atoms with E-state index in [1.165, 1.54) is 11.8 Å². The van der Waals surface area contributed by atoms with Crippen molar-refractivity contribution in [1.29, 1.82) is 0 Å². The predicted molar refractivity (Wildman–Crippen MR) is 89.3 cm³/mol. The molecule has 0 aliphatic carbocycles. The van der Waals surface area contributed by atoms with E-state index >= 15 is 0 Å². The number of nitrogens with two attached hydrogens (primary N) is 1. The highest BCUT2D eigenvalue weighted by Crippen LogP contribution is 2.39. The molecule has 1 atom stereocenters. The fraction of sp³-hybridized carbons (Fsp3) is 0.188. The van der Waals surface area contributed by atoms with Crippen molar-refractivity contribution in [3.63, 3.8) is 0 Å². The summed E-state index contributed by atoms with van der Waals surface area (Å²) in [7, 11) is 0. The van der Waals surface area contributed by atoms with Gasteiger partial charge < -0.3 is 15.8 Å². The maximum absolute atomic E-state index is 6.02. The van der Waals surface area contributed by atoms with Crippen LogP contribution in [0.5, 0.6) is 11.5 Å². The van der Waals surface area contributed by atoms with Crippen LogP contribution in [0.2, 0.25) is 0 Å².